The largest absolute Gasteiger partial charge is 0.493 e. The van der Waals surface area contributed by atoms with Crippen LogP contribution in [0.5, 0.6) is 5.75 Å². The van der Waals surface area contributed by atoms with Gasteiger partial charge in [-0.15, -0.1) is 0 Å². The fourth-order valence-electron chi connectivity index (χ4n) is 6.09. The lowest BCUT2D eigenvalue weighted by Crippen LogP contribution is -2.49. The minimum atomic E-state index is -3.43. The van der Waals surface area contributed by atoms with Crippen LogP contribution in [0.3, 0.4) is 0 Å². The maximum atomic E-state index is 14.4. The summed E-state index contributed by atoms with van der Waals surface area (Å²) >= 11 is 0. The van der Waals surface area contributed by atoms with Gasteiger partial charge < -0.3 is 4.74 Å². The van der Waals surface area contributed by atoms with Gasteiger partial charge in [0.2, 0.25) is 0 Å². The number of benzene rings is 3. The number of carbonyl (C=O) groups excluding carboxylic acids is 2. The first kappa shape index (κ1) is 32.7. The molecule has 1 aromatic heterocycles. The summed E-state index contributed by atoms with van der Waals surface area (Å²) in [5.74, 6) is -0.606. The molecule has 10 heteroatoms. The third-order valence-electron chi connectivity index (χ3n) is 8.61. The first-order valence-electron chi connectivity index (χ1n) is 16.0. The van der Waals surface area contributed by atoms with E-state index < -0.39 is 27.7 Å². The Morgan fingerprint density at radius 3 is 2.33 bits per heavy atom. The molecule has 0 spiro atoms. The SMILES string of the molecule is Cc1cc(-c2nn(-c3ccccc3)cc2/C=C2\C(=O)N(C3CCS(=O)(=O)C3)C(=O)C(C#N)=C2c2ccccc2)ccc1OCCC(C)C. The Morgan fingerprint density at radius 2 is 1.71 bits per heavy atom. The Kier molecular flexibility index (Phi) is 9.16. The van der Waals surface area contributed by atoms with E-state index >= 15 is 0 Å². The molecule has 1 atom stereocenters. The second-order valence-corrected chi connectivity index (χ2v) is 14.8. The number of hydrogen-bond acceptors (Lipinski definition) is 7. The number of imide groups is 1. The zero-order chi connectivity index (χ0) is 34.0. The van der Waals surface area contributed by atoms with Crippen LogP contribution in [0.1, 0.15) is 43.4 Å². The van der Waals surface area contributed by atoms with Crippen LogP contribution in [0, 0.1) is 24.2 Å². The van der Waals surface area contributed by atoms with Crippen LogP contribution < -0.4 is 4.74 Å². The summed E-state index contributed by atoms with van der Waals surface area (Å²) < 4.78 is 32.6. The average molecular weight is 661 g/mol. The number of carbonyl (C=O) groups is 2. The number of aromatic nitrogens is 2. The van der Waals surface area contributed by atoms with Gasteiger partial charge in [0.1, 0.15) is 17.4 Å². The molecule has 9 nitrogen and oxygen atoms in total. The van der Waals surface area contributed by atoms with Gasteiger partial charge in [-0.05, 0) is 73.2 Å². The molecule has 2 aliphatic heterocycles. The highest BCUT2D eigenvalue weighted by molar-refractivity contribution is 7.91. The summed E-state index contributed by atoms with van der Waals surface area (Å²) in [4.78, 5) is 29.2. The van der Waals surface area contributed by atoms with Crippen LogP contribution in [-0.4, -0.2) is 59.1 Å². The highest BCUT2D eigenvalue weighted by Crippen LogP contribution is 2.38. The first-order valence-corrected chi connectivity index (χ1v) is 17.8. The summed E-state index contributed by atoms with van der Waals surface area (Å²) in [6, 6.07) is 25.4. The molecule has 0 aliphatic carbocycles. The number of para-hydroxylation sites is 1. The van der Waals surface area contributed by atoms with Crippen molar-refractivity contribution in [3.8, 4) is 28.8 Å². The van der Waals surface area contributed by atoms with Crippen molar-refractivity contribution in [2.24, 2.45) is 5.92 Å². The number of aryl methyl sites for hydroxylation is 1. The molecule has 6 rings (SSSR count). The fraction of sp³-hybridized carbons (Fsp3) is 0.263. The lowest BCUT2D eigenvalue weighted by molar-refractivity contribution is -0.142. The standard InChI is InChI=1S/C38H36N4O5S/c1-25(2)16-18-47-34-15-14-28(20-26(34)3)36-29(23-41(40-36)30-12-8-5-9-13-30)21-32-35(27-10-6-4-7-11-27)33(22-39)38(44)42(37(32)43)31-17-19-48(45,46)24-31/h4-15,20-21,23,25,31H,16-19,24H2,1-3H3/b32-21-. The van der Waals surface area contributed by atoms with Gasteiger partial charge in [0.15, 0.2) is 9.84 Å². The molecule has 0 N–H and O–H groups in total. The van der Waals surface area contributed by atoms with Gasteiger partial charge in [-0.3, -0.25) is 14.5 Å². The van der Waals surface area contributed by atoms with E-state index in [1.807, 2.05) is 73.8 Å². The topological polar surface area (TPSA) is 122 Å². The maximum absolute atomic E-state index is 14.4. The van der Waals surface area contributed by atoms with Crippen molar-refractivity contribution in [1.29, 1.82) is 5.26 Å². The predicted molar refractivity (Wildman–Crippen MR) is 185 cm³/mol. The zero-order valence-corrected chi connectivity index (χ0v) is 27.9. The molecule has 244 valence electrons. The van der Waals surface area contributed by atoms with Crippen LogP contribution in [0.4, 0.5) is 0 Å². The summed E-state index contributed by atoms with van der Waals surface area (Å²) in [6.07, 6.45) is 4.52. The van der Waals surface area contributed by atoms with Crippen molar-refractivity contribution >= 4 is 33.3 Å². The van der Waals surface area contributed by atoms with Gasteiger partial charge in [0.25, 0.3) is 11.8 Å². The number of amides is 2. The minimum Gasteiger partial charge on any atom is -0.493 e. The molecular formula is C38H36N4O5S. The van der Waals surface area contributed by atoms with Crippen LogP contribution in [-0.2, 0) is 19.4 Å². The van der Waals surface area contributed by atoms with Crippen molar-refractivity contribution in [2.45, 2.75) is 39.7 Å². The smallest absolute Gasteiger partial charge is 0.272 e. The zero-order valence-electron chi connectivity index (χ0n) is 27.1. The first-order chi connectivity index (χ1) is 23.1. The number of sulfone groups is 1. The summed E-state index contributed by atoms with van der Waals surface area (Å²) in [5.41, 5.74) is 4.29. The van der Waals surface area contributed by atoms with Gasteiger partial charge in [-0.25, -0.2) is 13.1 Å². The lowest BCUT2D eigenvalue weighted by atomic mass is 9.86. The summed E-state index contributed by atoms with van der Waals surface area (Å²) in [7, 11) is -3.43. The van der Waals surface area contributed by atoms with E-state index in [2.05, 4.69) is 13.8 Å². The third-order valence-corrected chi connectivity index (χ3v) is 10.4. The highest BCUT2D eigenvalue weighted by Gasteiger charge is 2.45. The van der Waals surface area contributed by atoms with Crippen molar-refractivity contribution in [1.82, 2.24) is 14.7 Å². The molecule has 3 aromatic carbocycles. The monoisotopic (exact) mass is 660 g/mol. The Hall–Kier alpha value is -5.27. The van der Waals surface area contributed by atoms with Gasteiger partial charge in [-0.1, -0.05) is 62.4 Å². The van der Waals surface area contributed by atoms with E-state index in [-0.39, 0.29) is 34.6 Å². The van der Waals surface area contributed by atoms with E-state index in [0.29, 0.717) is 29.3 Å². The van der Waals surface area contributed by atoms with E-state index in [0.717, 1.165) is 33.9 Å². The average Bonchev–Trinajstić information content (AvgIpc) is 3.66. The van der Waals surface area contributed by atoms with Crippen LogP contribution >= 0.6 is 0 Å². The molecule has 2 amide bonds. The van der Waals surface area contributed by atoms with Crippen LogP contribution in [0.25, 0.3) is 28.6 Å². The van der Waals surface area contributed by atoms with Gasteiger partial charge >= 0.3 is 0 Å². The highest BCUT2D eigenvalue weighted by atomic mass is 32.2. The number of ether oxygens (including phenoxy) is 1. The van der Waals surface area contributed by atoms with Gasteiger partial charge in [-0.2, -0.15) is 10.4 Å². The minimum absolute atomic E-state index is 0.112. The normalized spacial score (nSPS) is 18.5. The third kappa shape index (κ3) is 6.60. The molecule has 0 saturated carbocycles. The number of rotatable bonds is 9. The quantitative estimate of drug-likeness (QED) is 0.155. The Bertz CT molecular complexity index is 2090. The van der Waals surface area contributed by atoms with Crippen molar-refractivity contribution in [3.63, 3.8) is 0 Å². The Morgan fingerprint density at radius 1 is 1.00 bits per heavy atom. The second kappa shape index (κ2) is 13.5. The Balaban J connectivity index is 1.53. The molecule has 2 aliphatic rings. The molecule has 1 saturated heterocycles. The van der Waals surface area contributed by atoms with E-state index in [1.54, 1.807) is 35.0 Å². The molecule has 1 unspecified atom stereocenters. The van der Waals surface area contributed by atoms with Crippen LogP contribution in [0.2, 0.25) is 0 Å². The summed E-state index contributed by atoms with van der Waals surface area (Å²) in [5, 5.41) is 15.3. The Labute approximate surface area is 280 Å². The lowest BCUT2D eigenvalue weighted by Gasteiger charge is -2.32. The molecule has 48 heavy (non-hydrogen) atoms. The second-order valence-electron chi connectivity index (χ2n) is 12.5. The maximum Gasteiger partial charge on any atom is 0.272 e. The molecule has 0 bridgehead atoms. The van der Waals surface area contributed by atoms with E-state index in [4.69, 9.17) is 9.84 Å². The van der Waals surface area contributed by atoms with Gasteiger partial charge in [0.05, 0.1) is 41.1 Å². The van der Waals surface area contributed by atoms with Gasteiger partial charge in [0, 0.05) is 22.9 Å². The molecule has 4 aromatic rings. The van der Waals surface area contributed by atoms with Crippen molar-refractivity contribution in [2.75, 3.05) is 18.1 Å². The van der Waals surface area contributed by atoms with Crippen molar-refractivity contribution < 1.29 is 22.7 Å². The molecular weight excluding hydrogens is 625 g/mol. The predicted octanol–water partition coefficient (Wildman–Crippen LogP) is 6.19. The molecule has 1 fully saturated rings. The number of nitriles is 1. The molecule has 0 radical (unpaired) electrons. The van der Waals surface area contributed by atoms with E-state index in [1.165, 1.54) is 0 Å². The number of hydrogen-bond donors (Lipinski definition) is 0. The number of nitrogens with zero attached hydrogens (tertiary/aromatic N) is 4. The van der Waals surface area contributed by atoms with Crippen LogP contribution in [0.15, 0.2) is 96.2 Å². The summed E-state index contributed by atoms with van der Waals surface area (Å²) in [6.45, 7) is 6.88. The van der Waals surface area contributed by atoms with Crippen molar-refractivity contribution in [3.05, 3.63) is 113 Å². The van der Waals surface area contributed by atoms with E-state index in [9.17, 15) is 23.3 Å². The molecule has 3 heterocycles. The fourth-order valence-corrected chi connectivity index (χ4v) is 7.79.